The van der Waals surface area contributed by atoms with Crippen LogP contribution in [0.25, 0.3) is 0 Å². The molecule has 0 bridgehead atoms. The Kier molecular flexibility index (Phi) is 7.77. The lowest BCUT2D eigenvalue weighted by molar-refractivity contribution is -0.157. The van der Waals surface area contributed by atoms with E-state index in [1.807, 2.05) is 106 Å². The zero-order chi connectivity index (χ0) is 30.4. The van der Waals surface area contributed by atoms with Crippen LogP contribution < -0.4 is 0 Å². The number of aliphatic hydroxyl groups excluding tert-OH is 1. The minimum Gasteiger partial charge on any atom is -0.394 e. The van der Waals surface area contributed by atoms with Crippen molar-refractivity contribution in [2.24, 2.45) is 17.8 Å². The highest BCUT2D eigenvalue weighted by Gasteiger charge is 2.75. The molecule has 8 heteroatoms. The summed E-state index contributed by atoms with van der Waals surface area (Å²) in [6.07, 6.45) is 8.34. The van der Waals surface area contributed by atoms with Crippen LogP contribution in [0.3, 0.4) is 0 Å². The van der Waals surface area contributed by atoms with Crippen molar-refractivity contribution in [3.8, 4) is 0 Å². The summed E-state index contributed by atoms with van der Waals surface area (Å²) in [6, 6.07) is 18.0. The summed E-state index contributed by atoms with van der Waals surface area (Å²) < 4.78 is 6.96. The first-order valence-electron chi connectivity index (χ1n) is 15.4. The smallest absolute Gasteiger partial charge is 0.249 e. The summed E-state index contributed by atoms with van der Waals surface area (Å²) in [7, 11) is 0. The van der Waals surface area contributed by atoms with Gasteiger partial charge in [-0.3, -0.25) is 14.4 Å². The molecule has 2 aromatic rings. The Morgan fingerprint density at radius 1 is 0.837 bits per heavy atom. The van der Waals surface area contributed by atoms with Crippen molar-refractivity contribution in [2.45, 2.75) is 63.6 Å². The number of benzene rings is 2. The summed E-state index contributed by atoms with van der Waals surface area (Å²) in [6.45, 7) is 7.10. The van der Waals surface area contributed by atoms with Gasteiger partial charge in [-0.05, 0) is 24.0 Å². The topological polar surface area (TPSA) is 90.4 Å². The number of aliphatic hydroxyl groups is 1. The zero-order valence-electron chi connectivity index (χ0n) is 25.1. The van der Waals surface area contributed by atoms with Crippen molar-refractivity contribution < 1.29 is 24.2 Å². The van der Waals surface area contributed by atoms with E-state index in [4.69, 9.17) is 4.74 Å². The van der Waals surface area contributed by atoms with Gasteiger partial charge in [-0.2, -0.15) is 0 Å². The van der Waals surface area contributed by atoms with Gasteiger partial charge >= 0.3 is 0 Å². The second-order valence-corrected chi connectivity index (χ2v) is 12.6. The molecule has 3 amide bonds. The third-order valence-corrected chi connectivity index (χ3v) is 9.94. The highest BCUT2D eigenvalue weighted by atomic mass is 16.5. The van der Waals surface area contributed by atoms with Crippen LogP contribution in [0.1, 0.15) is 38.3 Å². The second kappa shape index (κ2) is 11.4. The number of carbonyl (C=O) groups is 3. The van der Waals surface area contributed by atoms with Crippen LogP contribution in [0.5, 0.6) is 0 Å². The van der Waals surface area contributed by atoms with Gasteiger partial charge in [-0.15, -0.1) is 0 Å². The molecule has 0 aromatic heterocycles. The standard InChI is InChI=1S/C35H41N3O5/c1-4-24(2)27(23-39)38-30-33(42)37(22-26-15-9-6-10-16-26)20-12-18-35(30)29(32(38)41)28-31(40)36(19-11-17-34(28,3)43-35)21-25-13-7-5-8-14-25/h5-18,24,27-30,39H,4,19-23H2,1-3H3/t24-,27-,28-,29-,30?,34+,35-/m0/s1. The molecule has 8 nitrogen and oxygen atoms in total. The number of likely N-dealkylation sites (tertiary alicyclic amines) is 1. The summed E-state index contributed by atoms with van der Waals surface area (Å²) >= 11 is 0. The number of hydrogen-bond acceptors (Lipinski definition) is 5. The van der Waals surface area contributed by atoms with Crippen LogP contribution in [0.2, 0.25) is 0 Å². The molecule has 226 valence electrons. The SMILES string of the molecule is CC[C@H](C)[C@H](CO)N1C(=O)[C@@H]2[C@H]3C(=O)N(Cc4ccccc4)CC=C[C@@]3(C)O[C@@]23C=CCN(Cc2ccccc2)C(=O)C13. The van der Waals surface area contributed by atoms with Gasteiger partial charge in [-0.25, -0.2) is 0 Å². The average Bonchev–Trinajstić information content (AvgIpc) is 3.29. The van der Waals surface area contributed by atoms with Gasteiger partial charge in [0, 0.05) is 26.2 Å². The highest BCUT2D eigenvalue weighted by molar-refractivity contribution is 6.00. The van der Waals surface area contributed by atoms with E-state index in [2.05, 4.69) is 0 Å². The number of carbonyl (C=O) groups excluding carboxylic acids is 3. The Morgan fingerprint density at radius 2 is 1.40 bits per heavy atom. The fourth-order valence-corrected chi connectivity index (χ4v) is 7.62. The van der Waals surface area contributed by atoms with Gasteiger partial charge in [0.1, 0.15) is 11.6 Å². The van der Waals surface area contributed by atoms with Crippen molar-refractivity contribution in [1.82, 2.24) is 14.7 Å². The maximum Gasteiger partial charge on any atom is 0.249 e. The van der Waals surface area contributed by atoms with Crippen LogP contribution in [0.4, 0.5) is 0 Å². The second-order valence-electron chi connectivity index (χ2n) is 12.6. The van der Waals surface area contributed by atoms with Gasteiger partial charge in [0.15, 0.2) is 0 Å². The van der Waals surface area contributed by atoms with Crippen LogP contribution in [-0.4, -0.2) is 80.5 Å². The van der Waals surface area contributed by atoms with E-state index in [9.17, 15) is 19.5 Å². The minimum absolute atomic E-state index is 0.0712. The molecule has 2 aromatic carbocycles. The largest absolute Gasteiger partial charge is 0.394 e. The van der Waals surface area contributed by atoms with Gasteiger partial charge in [0.2, 0.25) is 17.7 Å². The quantitative estimate of drug-likeness (QED) is 0.480. The maximum absolute atomic E-state index is 14.7. The molecule has 0 aliphatic carbocycles. The number of ether oxygens (including phenoxy) is 1. The van der Waals surface area contributed by atoms with E-state index in [1.165, 1.54) is 0 Å². The van der Waals surface area contributed by atoms with Crippen molar-refractivity contribution in [3.63, 3.8) is 0 Å². The predicted octanol–water partition coefficient (Wildman–Crippen LogP) is 3.56. The Bertz CT molecular complexity index is 1430. The van der Waals surface area contributed by atoms with Crippen LogP contribution in [0.15, 0.2) is 85.0 Å². The first kappa shape index (κ1) is 29.3. The fourth-order valence-electron chi connectivity index (χ4n) is 7.62. The van der Waals surface area contributed by atoms with E-state index in [1.54, 1.807) is 14.7 Å². The average molecular weight is 584 g/mol. The fraction of sp³-hybridized carbons (Fsp3) is 0.457. The Labute approximate surface area is 253 Å². The molecular formula is C35H41N3O5. The highest BCUT2D eigenvalue weighted by Crippen LogP contribution is 2.58. The van der Waals surface area contributed by atoms with Gasteiger partial charge < -0.3 is 24.5 Å². The third kappa shape index (κ3) is 4.81. The van der Waals surface area contributed by atoms with E-state index < -0.39 is 35.1 Å². The molecule has 6 rings (SSSR count). The lowest BCUT2D eigenvalue weighted by Gasteiger charge is -2.41. The Balaban J connectivity index is 1.44. The lowest BCUT2D eigenvalue weighted by atomic mass is 9.74. The first-order chi connectivity index (χ1) is 20.7. The maximum atomic E-state index is 14.7. The predicted molar refractivity (Wildman–Crippen MR) is 162 cm³/mol. The summed E-state index contributed by atoms with van der Waals surface area (Å²) in [4.78, 5) is 49.0. The van der Waals surface area contributed by atoms with Crippen molar-refractivity contribution in [1.29, 1.82) is 0 Å². The third-order valence-electron chi connectivity index (χ3n) is 9.94. The minimum atomic E-state index is -1.35. The van der Waals surface area contributed by atoms with Crippen LogP contribution in [-0.2, 0) is 32.2 Å². The summed E-state index contributed by atoms with van der Waals surface area (Å²) in [5.74, 6) is -2.51. The van der Waals surface area contributed by atoms with E-state index >= 15 is 0 Å². The Hall–Kier alpha value is -3.75. The van der Waals surface area contributed by atoms with E-state index in [0.29, 0.717) is 32.6 Å². The molecule has 1 N–H and O–H groups in total. The molecule has 1 spiro atoms. The summed E-state index contributed by atoms with van der Waals surface area (Å²) in [5.41, 5.74) is -0.461. The molecule has 7 atom stereocenters. The molecular weight excluding hydrogens is 542 g/mol. The van der Waals surface area contributed by atoms with E-state index in [0.717, 1.165) is 11.1 Å². The van der Waals surface area contributed by atoms with Crippen molar-refractivity contribution in [2.75, 3.05) is 19.7 Å². The number of fused-ring (bicyclic) bond motifs is 2. The molecule has 0 radical (unpaired) electrons. The zero-order valence-corrected chi connectivity index (χ0v) is 25.1. The molecule has 1 unspecified atom stereocenters. The number of rotatable bonds is 8. The van der Waals surface area contributed by atoms with Crippen LogP contribution in [0, 0.1) is 17.8 Å². The van der Waals surface area contributed by atoms with E-state index in [-0.39, 0.29) is 30.2 Å². The molecule has 2 saturated heterocycles. The van der Waals surface area contributed by atoms with Crippen LogP contribution >= 0.6 is 0 Å². The van der Waals surface area contributed by atoms with Gasteiger partial charge in [0.25, 0.3) is 0 Å². The molecule has 2 fully saturated rings. The van der Waals surface area contributed by atoms with Crippen molar-refractivity contribution >= 4 is 17.7 Å². The molecule has 43 heavy (non-hydrogen) atoms. The Morgan fingerprint density at radius 3 is 1.95 bits per heavy atom. The first-order valence-corrected chi connectivity index (χ1v) is 15.4. The number of amides is 3. The van der Waals surface area contributed by atoms with Gasteiger partial charge in [-0.1, -0.05) is 105 Å². The molecule has 4 aliphatic rings. The number of nitrogens with zero attached hydrogens (tertiary/aromatic N) is 3. The van der Waals surface area contributed by atoms with Crippen molar-refractivity contribution in [3.05, 3.63) is 96.1 Å². The van der Waals surface area contributed by atoms with Gasteiger partial charge in [0.05, 0.1) is 30.1 Å². The lowest BCUT2D eigenvalue weighted by Crippen LogP contribution is -2.59. The monoisotopic (exact) mass is 583 g/mol. The summed E-state index contributed by atoms with van der Waals surface area (Å²) in [5, 5.41) is 10.6. The number of hydrogen-bond donors (Lipinski definition) is 1. The normalized spacial score (nSPS) is 31.4. The molecule has 4 aliphatic heterocycles. The molecule has 0 saturated carbocycles. The molecule has 4 heterocycles.